The molecule has 102 valence electrons. The molecule has 0 amide bonds. The monoisotopic (exact) mass is 276 g/mol. The van der Waals surface area contributed by atoms with Gasteiger partial charge in [-0.25, -0.2) is 8.78 Å². The number of halogens is 2. The second kappa shape index (κ2) is 8.31. The maximum atomic E-state index is 12.9. The van der Waals surface area contributed by atoms with Gasteiger partial charge in [0.1, 0.15) is 11.6 Å². The quantitative estimate of drug-likeness (QED) is 0.429. The average Bonchev–Trinajstić information content (AvgIpc) is 2.26. The van der Waals surface area contributed by atoms with Gasteiger partial charge in [-0.15, -0.1) is 0 Å². The van der Waals surface area contributed by atoms with Crippen LogP contribution in [0.4, 0.5) is 8.78 Å². The number of rotatable bonds is 8. The van der Waals surface area contributed by atoms with E-state index >= 15 is 0 Å². The van der Waals surface area contributed by atoms with Gasteiger partial charge in [-0.2, -0.15) is 0 Å². The van der Waals surface area contributed by atoms with Gasteiger partial charge < -0.3 is 14.6 Å². The summed E-state index contributed by atoms with van der Waals surface area (Å²) in [7, 11) is -0.860. The molecule has 0 radical (unpaired) electrons. The zero-order valence-corrected chi connectivity index (χ0v) is 11.5. The van der Waals surface area contributed by atoms with Crippen LogP contribution < -0.4 is 0 Å². The Morgan fingerprint density at radius 1 is 1.06 bits per heavy atom. The molecule has 0 heterocycles. The van der Waals surface area contributed by atoms with Crippen molar-refractivity contribution in [1.29, 1.82) is 0 Å². The van der Waals surface area contributed by atoms with E-state index < -0.39 is 27.9 Å². The fourth-order valence-corrected chi connectivity index (χ4v) is 2.66. The van der Waals surface area contributed by atoms with Gasteiger partial charge in [-0.05, 0) is 36.6 Å². The summed E-state index contributed by atoms with van der Waals surface area (Å²) in [5.41, 5.74) is 0.673. The Kier molecular flexibility index (Phi) is 7.03. The summed E-state index contributed by atoms with van der Waals surface area (Å²) in [5.74, 6) is -1.08. The SMILES string of the molecule is OC(O)O[SiH2]CCCCCc1cc(F)cc(F)c1. The van der Waals surface area contributed by atoms with Gasteiger partial charge in [0.05, 0.1) is 0 Å². The van der Waals surface area contributed by atoms with Gasteiger partial charge >= 0.3 is 0 Å². The molecule has 2 N–H and O–H groups in total. The van der Waals surface area contributed by atoms with Crippen molar-refractivity contribution in [3.8, 4) is 0 Å². The van der Waals surface area contributed by atoms with E-state index in [0.29, 0.717) is 12.0 Å². The second-order valence-electron chi connectivity index (χ2n) is 4.14. The molecule has 0 aliphatic carbocycles. The second-order valence-corrected chi connectivity index (χ2v) is 5.59. The van der Waals surface area contributed by atoms with E-state index in [1.165, 1.54) is 12.1 Å². The highest BCUT2D eigenvalue weighted by molar-refractivity contribution is 6.26. The van der Waals surface area contributed by atoms with Crippen LogP contribution in [0.25, 0.3) is 0 Å². The van der Waals surface area contributed by atoms with Crippen LogP contribution in [0.3, 0.4) is 0 Å². The van der Waals surface area contributed by atoms with E-state index in [0.717, 1.165) is 31.4 Å². The lowest BCUT2D eigenvalue weighted by Crippen LogP contribution is -2.12. The first-order valence-corrected chi connectivity index (χ1v) is 7.58. The van der Waals surface area contributed by atoms with Crippen LogP contribution in [0, 0.1) is 11.6 Å². The molecule has 0 aromatic heterocycles. The molecule has 0 saturated carbocycles. The molecular weight excluding hydrogens is 258 g/mol. The predicted octanol–water partition coefficient (Wildman–Crippen LogP) is 1.46. The van der Waals surface area contributed by atoms with Crippen LogP contribution in [0.15, 0.2) is 18.2 Å². The molecule has 0 aliphatic rings. The Hall–Kier alpha value is -0.823. The van der Waals surface area contributed by atoms with Crippen molar-refractivity contribution in [3.63, 3.8) is 0 Å². The molecule has 0 aliphatic heterocycles. The Balaban J connectivity index is 2.10. The number of unbranched alkanes of at least 4 members (excludes halogenated alkanes) is 2. The molecule has 0 unspecified atom stereocenters. The molecule has 0 atom stereocenters. The molecular formula is C12H18F2O3Si. The van der Waals surface area contributed by atoms with E-state index in [9.17, 15) is 8.78 Å². The minimum atomic E-state index is -1.65. The lowest BCUT2D eigenvalue weighted by Gasteiger charge is -2.05. The van der Waals surface area contributed by atoms with Gasteiger partial charge in [0.25, 0.3) is 6.48 Å². The molecule has 1 rings (SSSR count). The number of benzene rings is 1. The van der Waals surface area contributed by atoms with Gasteiger partial charge in [0.2, 0.25) is 0 Å². The first kappa shape index (κ1) is 15.2. The highest BCUT2D eigenvalue weighted by Gasteiger charge is 2.01. The predicted molar refractivity (Wildman–Crippen MR) is 66.6 cm³/mol. The van der Waals surface area contributed by atoms with Gasteiger partial charge in [0, 0.05) is 6.07 Å². The van der Waals surface area contributed by atoms with E-state index in [1.807, 2.05) is 0 Å². The zero-order valence-electron chi connectivity index (χ0n) is 10.1. The third-order valence-corrected chi connectivity index (χ3v) is 3.87. The van der Waals surface area contributed by atoms with E-state index in [4.69, 9.17) is 10.2 Å². The first-order chi connectivity index (χ1) is 8.58. The van der Waals surface area contributed by atoms with E-state index in [1.54, 1.807) is 0 Å². The molecule has 18 heavy (non-hydrogen) atoms. The van der Waals surface area contributed by atoms with E-state index in [2.05, 4.69) is 4.43 Å². The van der Waals surface area contributed by atoms with Crippen LogP contribution in [0.1, 0.15) is 24.8 Å². The van der Waals surface area contributed by atoms with Crippen molar-refractivity contribution in [2.24, 2.45) is 0 Å². The Morgan fingerprint density at radius 2 is 1.72 bits per heavy atom. The van der Waals surface area contributed by atoms with Gasteiger partial charge in [-0.1, -0.05) is 12.8 Å². The standard InChI is InChI=1S/C12H18F2O3Si/c13-10-6-9(7-11(14)8-10)4-2-1-3-5-18-17-12(15)16/h6-8,12,15-16H,1-5,18H2. The summed E-state index contributed by atoms with van der Waals surface area (Å²) in [4.78, 5) is 0. The molecule has 6 heteroatoms. The van der Waals surface area contributed by atoms with Crippen LogP contribution in [-0.4, -0.2) is 26.5 Å². The van der Waals surface area contributed by atoms with Gasteiger partial charge in [-0.3, -0.25) is 0 Å². The largest absolute Gasteiger partial charge is 0.379 e. The maximum absolute atomic E-state index is 12.9. The number of hydrogen-bond donors (Lipinski definition) is 2. The summed E-state index contributed by atoms with van der Waals surface area (Å²) in [6, 6.07) is 4.44. The van der Waals surface area contributed by atoms with E-state index in [-0.39, 0.29) is 0 Å². The van der Waals surface area contributed by atoms with Crippen molar-refractivity contribution in [2.45, 2.75) is 38.2 Å². The van der Waals surface area contributed by atoms with Crippen LogP contribution >= 0.6 is 0 Å². The third-order valence-electron chi connectivity index (χ3n) is 2.55. The number of aliphatic hydroxyl groups excluding tert-OH is 1. The normalized spacial score (nSPS) is 11.8. The number of aliphatic hydroxyl groups is 2. The molecule has 0 saturated heterocycles. The van der Waals surface area contributed by atoms with Crippen LogP contribution in [-0.2, 0) is 10.8 Å². The lowest BCUT2D eigenvalue weighted by molar-refractivity contribution is -0.180. The average molecular weight is 276 g/mol. The summed E-state index contributed by atoms with van der Waals surface area (Å²) >= 11 is 0. The van der Waals surface area contributed by atoms with Crippen molar-refractivity contribution in [3.05, 3.63) is 35.4 Å². The minimum absolute atomic E-state index is 0.539. The molecule has 0 fully saturated rings. The topological polar surface area (TPSA) is 49.7 Å². The molecule has 3 nitrogen and oxygen atoms in total. The first-order valence-electron chi connectivity index (χ1n) is 6.00. The minimum Gasteiger partial charge on any atom is -0.379 e. The number of hydrogen-bond acceptors (Lipinski definition) is 3. The highest BCUT2D eigenvalue weighted by atomic mass is 28.2. The third kappa shape index (κ3) is 6.80. The highest BCUT2D eigenvalue weighted by Crippen LogP contribution is 2.12. The molecule has 0 bridgehead atoms. The van der Waals surface area contributed by atoms with Crippen molar-refractivity contribution in [2.75, 3.05) is 0 Å². The maximum Gasteiger partial charge on any atom is 0.256 e. The Bertz CT molecular complexity index is 341. The van der Waals surface area contributed by atoms with Gasteiger partial charge in [0.15, 0.2) is 9.76 Å². The molecule has 1 aromatic carbocycles. The molecule has 1 aromatic rings. The fourth-order valence-electron chi connectivity index (χ4n) is 1.73. The van der Waals surface area contributed by atoms with Crippen molar-refractivity contribution >= 4 is 9.76 Å². The fraction of sp³-hybridized carbons (Fsp3) is 0.500. The summed E-state index contributed by atoms with van der Waals surface area (Å²) in [6.07, 6.45) is 3.39. The van der Waals surface area contributed by atoms with Crippen molar-refractivity contribution in [1.82, 2.24) is 0 Å². The Labute approximate surface area is 107 Å². The van der Waals surface area contributed by atoms with Crippen LogP contribution in [0.2, 0.25) is 6.04 Å². The summed E-state index contributed by atoms with van der Waals surface area (Å²) < 4.78 is 30.5. The zero-order chi connectivity index (χ0) is 13.4. The Morgan fingerprint density at radius 3 is 2.33 bits per heavy atom. The molecule has 0 spiro atoms. The smallest absolute Gasteiger partial charge is 0.256 e. The van der Waals surface area contributed by atoms with Crippen molar-refractivity contribution < 1.29 is 23.4 Å². The summed E-state index contributed by atoms with van der Waals surface area (Å²) in [6.45, 7) is -1.65. The van der Waals surface area contributed by atoms with Crippen LogP contribution in [0.5, 0.6) is 0 Å². The summed E-state index contributed by atoms with van der Waals surface area (Å²) in [5, 5.41) is 16.9. The number of aryl methyl sites for hydroxylation is 1. The lowest BCUT2D eigenvalue weighted by atomic mass is 10.1.